The van der Waals surface area contributed by atoms with Crippen molar-refractivity contribution in [3.8, 4) is 22.9 Å². The zero-order chi connectivity index (χ0) is 21.0. The van der Waals surface area contributed by atoms with Crippen LogP contribution in [-0.2, 0) is 19.5 Å². The number of benzene rings is 3. The van der Waals surface area contributed by atoms with Gasteiger partial charge in [-0.25, -0.2) is 4.98 Å². The summed E-state index contributed by atoms with van der Waals surface area (Å²) < 4.78 is 5.87. The molecule has 2 heterocycles. The first-order chi connectivity index (χ1) is 15.2. The minimum atomic E-state index is -0.0415. The van der Waals surface area contributed by atoms with Gasteiger partial charge in [0.25, 0.3) is 5.56 Å². The lowest BCUT2D eigenvalue weighted by Crippen LogP contribution is -2.35. The Morgan fingerprint density at radius 2 is 1.55 bits per heavy atom. The fraction of sp³-hybridized carbons (Fsp3) is 0.154. The Morgan fingerprint density at radius 3 is 2.29 bits per heavy atom. The predicted molar refractivity (Wildman–Crippen MR) is 121 cm³/mol. The Kier molecular flexibility index (Phi) is 5.33. The quantitative estimate of drug-likeness (QED) is 0.515. The third-order valence-corrected chi connectivity index (χ3v) is 5.50. The maximum atomic E-state index is 12.7. The van der Waals surface area contributed by atoms with E-state index in [2.05, 4.69) is 22.0 Å². The highest BCUT2D eigenvalue weighted by atomic mass is 16.5. The molecule has 0 atom stereocenters. The van der Waals surface area contributed by atoms with Gasteiger partial charge >= 0.3 is 0 Å². The molecule has 3 aromatic carbocycles. The fourth-order valence-electron chi connectivity index (χ4n) is 3.89. The topological polar surface area (TPSA) is 58.2 Å². The molecule has 154 valence electrons. The van der Waals surface area contributed by atoms with Crippen LogP contribution in [0.15, 0.2) is 89.7 Å². The van der Waals surface area contributed by atoms with Crippen molar-refractivity contribution >= 4 is 0 Å². The lowest BCUT2D eigenvalue weighted by atomic mass is 10.1. The molecule has 5 heteroatoms. The molecule has 31 heavy (non-hydrogen) atoms. The second-order valence-electron chi connectivity index (χ2n) is 7.73. The van der Waals surface area contributed by atoms with E-state index in [-0.39, 0.29) is 5.56 Å². The van der Waals surface area contributed by atoms with Gasteiger partial charge in [-0.1, -0.05) is 60.7 Å². The van der Waals surface area contributed by atoms with E-state index >= 15 is 0 Å². The molecule has 4 aromatic rings. The first kappa shape index (κ1) is 19.3. The Morgan fingerprint density at radius 1 is 0.871 bits per heavy atom. The molecular formula is C26H23N3O2. The van der Waals surface area contributed by atoms with Crippen molar-refractivity contribution in [1.82, 2.24) is 14.9 Å². The highest BCUT2D eigenvalue weighted by Gasteiger charge is 2.21. The fourth-order valence-corrected chi connectivity index (χ4v) is 3.89. The lowest BCUT2D eigenvalue weighted by Gasteiger charge is -2.27. The molecule has 0 saturated carbocycles. The zero-order valence-corrected chi connectivity index (χ0v) is 17.1. The van der Waals surface area contributed by atoms with Crippen LogP contribution >= 0.6 is 0 Å². The Hall–Kier alpha value is -3.70. The summed E-state index contributed by atoms with van der Waals surface area (Å²) >= 11 is 0. The van der Waals surface area contributed by atoms with Crippen molar-refractivity contribution < 1.29 is 4.74 Å². The van der Waals surface area contributed by atoms with Gasteiger partial charge in [-0.15, -0.1) is 0 Å². The number of hydrogen-bond acceptors (Lipinski definition) is 4. The molecule has 0 spiro atoms. The van der Waals surface area contributed by atoms with Crippen molar-refractivity contribution in [2.24, 2.45) is 0 Å². The molecule has 0 unspecified atom stereocenters. The number of aromatic amines is 1. The average Bonchev–Trinajstić information content (AvgIpc) is 2.82. The largest absolute Gasteiger partial charge is 0.457 e. The highest BCUT2D eigenvalue weighted by molar-refractivity contribution is 5.54. The molecule has 1 N–H and O–H groups in total. The van der Waals surface area contributed by atoms with Crippen molar-refractivity contribution in [3.63, 3.8) is 0 Å². The van der Waals surface area contributed by atoms with E-state index in [4.69, 9.17) is 9.72 Å². The first-order valence-electron chi connectivity index (χ1n) is 10.5. The second-order valence-corrected chi connectivity index (χ2v) is 7.73. The summed E-state index contributed by atoms with van der Waals surface area (Å²) in [7, 11) is 0. The number of fused-ring (bicyclic) bond motifs is 1. The minimum absolute atomic E-state index is 0.0415. The monoisotopic (exact) mass is 409 g/mol. The standard InChI is InChI=1S/C26H23N3O2/c30-26-23-18-29(16-15-24(23)27-25(28-26)20-7-3-1-4-8-20)17-19-11-13-22(14-12-19)31-21-9-5-2-6-10-21/h1-14H,15-18H2,(H,27,28,30). The molecule has 0 amide bonds. The van der Waals surface area contributed by atoms with E-state index in [1.165, 1.54) is 5.56 Å². The van der Waals surface area contributed by atoms with Gasteiger partial charge in [-0.05, 0) is 29.8 Å². The summed E-state index contributed by atoms with van der Waals surface area (Å²) in [6.45, 7) is 2.26. The van der Waals surface area contributed by atoms with Gasteiger partial charge < -0.3 is 9.72 Å². The molecule has 0 radical (unpaired) electrons. The number of nitrogens with one attached hydrogen (secondary N) is 1. The molecule has 0 fully saturated rings. The van der Waals surface area contributed by atoms with E-state index in [9.17, 15) is 4.79 Å². The van der Waals surface area contributed by atoms with Crippen LogP contribution in [-0.4, -0.2) is 21.4 Å². The number of ether oxygens (including phenoxy) is 1. The van der Waals surface area contributed by atoms with Gasteiger partial charge in [0, 0.05) is 31.6 Å². The minimum Gasteiger partial charge on any atom is -0.457 e. The third kappa shape index (κ3) is 4.42. The number of rotatable bonds is 5. The maximum Gasteiger partial charge on any atom is 0.255 e. The van der Waals surface area contributed by atoms with Crippen LogP contribution in [0.25, 0.3) is 11.4 Å². The van der Waals surface area contributed by atoms with Crippen molar-refractivity contribution in [2.75, 3.05) is 6.54 Å². The van der Waals surface area contributed by atoms with Gasteiger partial charge in [0.1, 0.15) is 17.3 Å². The molecule has 0 bridgehead atoms. The molecule has 0 aliphatic carbocycles. The van der Waals surface area contributed by atoms with Crippen molar-refractivity contribution in [3.05, 3.63) is 112 Å². The van der Waals surface area contributed by atoms with Gasteiger partial charge in [0.15, 0.2) is 0 Å². The molecule has 5 nitrogen and oxygen atoms in total. The van der Waals surface area contributed by atoms with Crippen LogP contribution in [0.1, 0.15) is 16.8 Å². The van der Waals surface area contributed by atoms with Gasteiger partial charge in [-0.2, -0.15) is 0 Å². The van der Waals surface area contributed by atoms with E-state index < -0.39 is 0 Å². The summed E-state index contributed by atoms with van der Waals surface area (Å²) in [5.74, 6) is 2.28. The van der Waals surface area contributed by atoms with E-state index in [1.807, 2.05) is 72.8 Å². The molecular weight excluding hydrogens is 386 g/mol. The summed E-state index contributed by atoms with van der Waals surface area (Å²) in [5.41, 5.74) is 3.76. The number of nitrogens with zero attached hydrogens (tertiary/aromatic N) is 2. The third-order valence-electron chi connectivity index (χ3n) is 5.50. The van der Waals surface area contributed by atoms with Gasteiger partial charge in [0.2, 0.25) is 0 Å². The summed E-state index contributed by atoms with van der Waals surface area (Å²) in [4.78, 5) is 22.7. The normalized spacial score (nSPS) is 13.5. The lowest BCUT2D eigenvalue weighted by molar-refractivity contribution is 0.242. The number of para-hydroxylation sites is 1. The van der Waals surface area contributed by atoms with E-state index in [0.717, 1.165) is 47.8 Å². The SMILES string of the molecule is O=c1[nH]c(-c2ccccc2)nc2c1CN(Cc1ccc(Oc3ccccc3)cc1)CC2. The predicted octanol–water partition coefficient (Wildman–Crippen LogP) is 4.79. The number of hydrogen-bond donors (Lipinski definition) is 1. The van der Waals surface area contributed by atoms with E-state index in [0.29, 0.717) is 12.4 Å². The molecule has 0 saturated heterocycles. The van der Waals surface area contributed by atoms with Crippen LogP contribution in [0, 0.1) is 0 Å². The average molecular weight is 409 g/mol. The zero-order valence-electron chi connectivity index (χ0n) is 17.1. The summed E-state index contributed by atoms with van der Waals surface area (Å²) in [6, 6.07) is 27.7. The summed E-state index contributed by atoms with van der Waals surface area (Å²) in [5, 5.41) is 0. The van der Waals surface area contributed by atoms with E-state index in [1.54, 1.807) is 0 Å². The Balaban J connectivity index is 1.27. The van der Waals surface area contributed by atoms with Crippen molar-refractivity contribution in [1.29, 1.82) is 0 Å². The molecule has 1 aliphatic heterocycles. The number of H-pyrrole nitrogens is 1. The second kappa shape index (κ2) is 8.58. The maximum absolute atomic E-state index is 12.7. The van der Waals surface area contributed by atoms with Crippen LogP contribution in [0.2, 0.25) is 0 Å². The Bertz CT molecular complexity index is 1220. The smallest absolute Gasteiger partial charge is 0.255 e. The Labute approximate surface area is 181 Å². The number of aromatic nitrogens is 2. The van der Waals surface area contributed by atoms with Crippen molar-refractivity contribution in [2.45, 2.75) is 19.5 Å². The first-order valence-corrected chi connectivity index (χ1v) is 10.5. The van der Waals surface area contributed by atoms with Crippen LogP contribution in [0.4, 0.5) is 0 Å². The molecule has 1 aliphatic rings. The van der Waals surface area contributed by atoms with Gasteiger partial charge in [-0.3, -0.25) is 9.69 Å². The highest BCUT2D eigenvalue weighted by Crippen LogP contribution is 2.23. The molecule has 1 aromatic heterocycles. The van der Waals surface area contributed by atoms with Crippen LogP contribution in [0.5, 0.6) is 11.5 Å². The van der Waals surface area contributed by atoms with Crippen LogP contribution in [0.3, 0.4) is 0 Å². The van der Waals surface area contributed by atoms with Gasteiger partial charge in [0.05, 0.1) is 11.3 Å². The van der Waals surface area contributed by atoms with Crippen LogP contribution < -0.4 is 10.3 Å². The molecule has 5 rings (SSSR count). The summed E-state index contributed by atoms with van der Waals surface area (Å²) in [6.07, 6.45) is 0.772.